The first-order chi connectivity index (χ1) is 7.75. The van der Waals surface area contributed by atoms with Crippen molar-refractivity contribution in [2.75, 3.05) is 12.4 Å². The maximum Gasteiger partial charge on any atom is 0.411 e. The van der Waals surface area contributed by atoms with Gasteiger partial charge in [-0.2, -0.15) is 0 Å². The Kier molecular flexibility index (Phi) is 4.21. The van der Waals surface area contributed by atoms with E-state index in [2.05, 4.69) is 10.1 Å². The molecule has 0 saturated carbocycles. The highest BCUT2D eigenvalue weighted by Crippen LogP contribution is 2.33. The number of halogens is 2. The van der Waals surface area contributed by atoms with E-state index in [9.17, 15) is 13.2 Å². The summed E-state index contributed by atoms with van der Waals surface area (Å²) in [5.41, 5.74) is 0.0487. The number of hydrogen-bond acceptors (Lipinski definition) is 4. The molecule has 0 aromatic heterocycles. The molecule has 0 heterocycles. The van der Waals surface area contributed by atoms with E-state index in [1.165, 1.54) is 0 Å². The van der Waals surface area contributed by atoms with Gasteiger partial charge in [0.05, 0.1) is 27.7 Å². The fourth-order valence-electron chi connectivity index (χ4n) is 0.987. The van der Waals surface area contributed by atoms with Crippen LogP contribution in [-0.4, -0.2) is 21.6 Å². The van der Waals surface area contributed by atoms with E-state index in [1.807, 2.05) is 0 Å². The van der Waals surface area contributed by atoms with Crippen LogP contribution in [0.2, 0.25) is 10.0 Å². The largest absolute Gasteiger partial charge is 0.453 e. The van der Waals surface area contributed by atoms with Gasteiger partial charge >= 0.3 is 6.09 Å². The van der Waals surface area contributed by atoms with Gasteiger partial charge < -0.3 is 4.74 Å². The van der Waals surface area contributed by atoms with Gasteiger partial charge in [-0.25, -0.2) is 18.4 Å². The lowest BCUT2D eigenvalue weighted by atomic mass is 10.3. The van der Waals surface area contributed by atoms with Gasteiger partial charge in [0.1, 0.15) is 0 Å². The highest BCUT2D eigenvalue weighted by molar-refractivity contribution is 7.89. The summed E-state index contributed by atoms with van der Waals surface area (Å²) in [6.45, 7) is 0. The molecule has 0 aliphatic rings. The van der Waals surface area contributed by atoms with Crippen LogP contribution >= 0.6 is 23.2 Å². The molecule has 0 radical (unpaired) electrons. The summed E-state index contributed by atoms with van der Waals surface area (Å²) in [6.07, 6.45) is -0.780. The van der Waals surface area contributed by atoms with E-state index < -0.39 is 16.1 Å². The maximum absolute atomic E-state index is 11.1. The van der Waals surface area contributed by atoms with Crippen molar-refractivity contribution >= 4 is 45.0 Å². The zero-order valence-electron chi connectivity index (χ0n) is 8.53. The molecule has 0 atom stereocenters. The molecule has 94 valence electrons. The zero-order chi connectivity index (χ0) is 13.2. The van der Waals surface area contributed by atoms with Gasteiger partial charge in [-0.15, -0.1) is 0 Å². The zero-order valence-corrected chi connectivity index (χ0v) is 10.9. The minimum atomic E-state index is -3.91. The fraction of sp³-hybridized carbons (Fsp3) is 0.125. The topological polar surface area (TPSA) is 98.5 Å². The SMILES string of the molecule is COC(=O)Nc1c(Cl)cc(S(N)(=O)=O)cc1Cl. The highest BCUT2D eigenvalue weighted by Gasteiger charge is 2.16. The third-order valence-corrected chi connectivity index (χ3v) is 3.25. The number of rotatable bonds is 2. The number of ether oxygens (including phenoxy) is 1. The number of carbonyl (C=O) groups is 1. The van der Waals surface area contributed by atoms with Crippen LogP contribution < -0.4 is 10.5 Å². The summed E-state index contributed by atoms with van der Waals surface area (Å²) in [6, 6.07) is 2.15. The molecule has 0 aliphatic carbocycles. The number of amides is 1. The van der Waals surface area contributed by atoms with E-state index >= 15 is 0 Å². The molecule has 1 aromatic rings. The monoisotopic (exact) mass is 298 g/mol. The number of primary sulfonamides is 1. The predicted molar refractivity (Wildman–Crippen MR) is 63.9 cm³/mol. The van der Waals surface area contributed by atoms with Crippen molar-refractivity contribution in [3.63, 3.8) is 0 Å². The summed E-state index contributed by atoms with van der Waals surface area (Å²) < 4.78 is 26.5. The molecule has 0 saturated heterocycles. The Bertz CT molecular complexity index is 536. The minimum absolute atomic E-state index is 0.0487. The van der Waals surface area contributed by atoms with Crippen molar-refractivity contribution in [1.29, 1.82) is 0 Å². The number of nitrogens with two attached hydrogens (primary N) is 1. The van der Waals surface area contributed by atoms with Crippen LogP contribution in [0.3, 0.4) is 0 Å². The van der Waals surface area contributed by atoms with Crippen molar-refractivity contribution in [2.24, 2.45) is 5.14 Å². The summed E-state index contributed by atoms with van der Waals surface area (Å²) in [7, 11) is -2.75. The lowest BCUT2D eigenvalue weighted by Crippen LogP contribution is -2.14. The second-order valence-corrected chi connectivity index (χ2v) is 5.30. The van der Waals surface area contributed by atoms with Gasteiger partial charge in [-0.3, -0.25) is 5.32 Å². The highest BCUT2D eigenvalue weighted by atomic mass is 35.5. The van der Waals surface area contributed by atoms with E-state index in [0.717, 1.165) is 19.2 Å². The Labute approximate surface area is 108 Å². The van der Waals surface area contributed by atoms with Crippen molar-refractivity contribution in [3.8, 4) is 0 Å². The maximum atomic E-state index is 11.1. The van der Waals surface area contributed by atoms with Crippen molar-refractivity contribution in [2.45, 2.75) is 4.90 Å². The minimum Gasteiger partial charge on any atom is -0.453 e. The summed E-state index contributed by atoms with van der Waals surface area (Å²) >= 11 is 11.5. The molecule has 1 aromatic carbocycles. The van der Waals surface area contributed by atoms with Crippen LogP contribution in [0.5, 0.6) is 0 Å². The number of carbonyl (C=O) groups excluding carboxylic acids is 1. The Balaban J connectivity index is 3.25. The van der Waals surface area contributed by atoms with Crippen molar-refractivity contribution in [1.82, 2.24) is 0 Å². The molecular weight excluding hydrogens is 291 g/mol. The van der Waals surface area contributed by atoms with E-state index in [4.69, 9.17) is 28.3 Å². The number of benzene rings is 1. The van der Waals surface area contributed by atoms with Crippen LogP contribution in [0.1, 0.15) is 0 Å². The first kappa shape index (κ1) is 14.0. The number of nitrogens with one attached hydrogen (secondary N) is 1. The normalized spacial score (nSPS) is 11.1. The van der Waals surface area contributed by atoms with Crippen LogP contribution in [0, 0.1) is 0 Å². The van der Waals surface area contributed by atoms with E-state index in [-0.39, 0.29) is 20.6 Å². The first-order valence-corrected chi connectivity index (χ1v) is 6.42. The van der Waals surface area contributed by atoms with Crippen molar-refractivity contribution < 1.29 is 17.9 Å². The molecule has 1 amide bonds. The molecule has 17 heavy (non-hydrogen) atoms. The van der Waals surface area contributed by atoms with Gasteiger partial charge in [0.15, 0.2) is 0 Å². The third-order valence-electron chi connectivity index (χ3n) is 1.76. The quantitative estimate of drug-likeness (QED) is 0.870. The van der Waals surface area contributed by atoms with Crippen LogP contribution in [-0.2, 0) is 14.8 Å². The predicted octanol–water partition coefficient (Wildman–Crippen LogP) is 1.82. The second kappa shape index (κ2) is 5.09. The Morgan fingerprint density at radius 2 is 1.82 bits per heavy atom. The molecule has 1 rings (SSSR count). The molecule has 3 N–H and O–H groups in total. The van der Waals surface area contributed by atoms with Crippen LogP contribution in [0.25, 0.3) is 0 Å². The molecule has 0 fully saturated rings. The molecular formula is C8H8Cl2N2O4S. The Morgan fingerprint density at radius 3 is 2.18 bits per heavy atom. The van der Waals surface area contributed by atoms with Gasteiger partial charge in [0.2, 0.25) is 10.0 Å². The third kappa shape index (κ3) is 3.47. The van der Waals surface area contributed by atoms with Crippen molar-refractivity contribution in [3.05, 3.63) is 22.2 Å². The van der Waals surface area contributed by atoms with Gasteiger partial charge in [0, 0.05) is 0 Å². The Hall–Kier alpha value is -1.02. The van der Waals surface area contributed by atoms with Gasteiger partial charge in [-0.05, 0) is 12.1 Å². The van der Waals surface area contributed by atoms with Crippen LogP contribution in [0.15, 0.2) is 17.0 Å². The Morgan fingerprint density at radius 1 is 1.35 bits per heavy atom. The molecule has 0 aliphatic heterocycles. The van der Waals surface area contributed by atoms with Gasteiger partial charge in [-0.1, -0.05) is 23.2 Å². The van der Waals surface area contributed by atoms with Crippen LogP contribution in [0.4, 0.5) is 10.5 Å². The summed E-state index contributed by atoms with van der Waals surface area (Å²) in [5, 5.41) is 7.04. The van der Waals surface area contributed by atoms with E-state index in [1.54, 1.807) is 0 Å². The fourth-order valence-corrected chi connectivity index (χ4v) is 2.26. The average Bonchev–Trinajstić information content (AvgIpc) is 2.21. The average molecular weight is 299 g/mol. The number of sulfonamides is 1. The molecule has 6 nitrogen and oxygen atoms in total. The summed E-state index contributed by atoms with van der Waals surface area (Å²) in [4.78, 5) is 10.7. The summed E-state index contributed by atoms with van der Waals surface area (Å²) in [5.74, 6) is 0. The number of methoxy groups -OCH3 is 1. The number of hydrogen-bond donors (Lipinski definition) is 2. The molecule has 9 heteroatoms. The lowest BCUT2D eigenvalue weighted by molar-refractivity contribution is 0.187. The van der Waals surface area contributed by atoms with E-state index in [0.29, 0.717) is 0 Å². The van der Waals surface area contributed by atoms with Gasteiger partial charge in [0.25, 0.3) is 0 Å². The standard InChI is InChI=1S/C8H8Cl2N2O4S/c1-16-8(13)12-7-5(9)2-4(3-6(7)10)17(11,14)15/h2-3H,1H3,(H,12,13)(H2,11,14,15). The lowest BCUT2D eigenvalue weighted by Gasteiger charge is -2.09. The molecule has 0 spiro atoms. The number of anilines is 1. The smallest absolute Gasteiger partial charge is 0.411 e. The first-order valence-electron chi connectivity index (χ1n) is 4.12. The second-order valence-electron chi connectivity index (χ2n) is 2.92. The molecule has 0 bridgehead atoms. The molecule has 0 unspecified atom stereocenters.